The number of ether oxygens (including phenoxy) is 1. The highest BCUT2D eigenvalue weighted by Gasteiger charge is 2.30. The minimum absolute atomic E-state index is 0.0966. The minimum atomic E-state index is -0.188. The summed E-state index contributed by atoms with van der Waals surface area (Å²) in [6.45, 7) is 5.13. The van der Waals surface area contributed by atoms with Gasteiger partial charge >= 0.3 is 6.03 Å². The van der Waals surface area contributed by atoms with Crippen LogP contribution in [0.2, 0.25) is 0 Å². The van der Waals surface area contributed by atoms with Crippen molar-refractivity contribution < 1.29 is 9.53 Å². The Morgan fingerprint density at radius 3 is 3.29 bits per heavy atom. The molecule has 2 N–H and O–H groups in total. The molecule has 1 aromatic rings. The van der Waals surface area contributed by atoms with Crippen LogP contribution in [0, 0.1) is 5.92 Å². The molecule has 0 aromatic carbocycles. The van der Waals surface area contributed by atoms with Crippen molar-refractivity contribution in [2.24, 2.45) is 5.92 Å². The molecule has 2 aliphatic rings. The maximum absolute atomic E-state index is 11.9. The third-order valence-electron chi connectivity index (χ3n) is 4.53. The van der Waals surface area contributed by atoms with Crippen LogP contribution in [0.3, 0.4) is 0 Å². The van der Waals surface area contributed by atoms with Crippen molar-refractivity contribution in [2.45, 2.75) is 44.8 Å². The van der Waals surface area contributed by atoms with Crippen LogP contribution in [0.5, 0.6) is 0 Å². The highest BCUT2D eigenvalue weighted by Crippen LogP contribution is 2.23. The molecule has 2 aliphatic heterocycles. The molecular weight excluding hydrogens is 268 g/mol. The van der Waals surface area contributed by atoms with E-state index >= 15 is 0 Å². The van der Waals surface area contributed by atoms with Crippen molar-refractivity contribution in [1.82, 2.24) is 20.2 Å². The second-order valence-corrected chi connectivity index (χ2v) is 6.36. The first-order valence-corrected chi connectivity index (χ1v) is 7.80. The normalized spacial score (nSPS) is 28.1. The second kappa shape index (κ2) is 6.05. The largest absolute Gasteiger partial charge is 0.373 e. The number of imidazole rings is 1. The molecule has 3 heterocycles. The van der Waals surface area contributed by atoms with Gasteiger partial charge in [-0.05, 0) is 32.1 Å². The predicted octanol–water partition coefficient (Wildman–Crippen LogP) is 1.31. The van der Waals surface area contributed by atoms with Crippen LogP contribution in [0.1, 0.15) is 32.0 Å². The average Bonchev–Trinajstić information content (AvgIpc) is 3.11. The van der Waals surface area contributed by atoms with E-state index in [1.807, 2.05) is 12.4 Å². The number of aryl methyl sites for hydroxylation is 1. The molecule has 1 aromatic heterocycles. The molecule has 116 valence electrons. The smallest absolute Gasteiger partial charge is 0.314 e. The maximum Gasteiger partial charge on any atom is 0.314 e. The second-order valence-electron chi connectivity index (χ2n) is 6.36. The van der Waals surface area contributed by atoms with E-state index in [0.717, 1.165) is 44.7 Å². The molecule has 0 bridgehead atoms. The van der Waals surface area contributed by atoms with Crippen molar-refractivity contribution in [3.8, 4) is 0 Å². The van der Waals surface area contributed by atoms with Crippen molar-refractivity contribution in [2.75, 3.05) is 19.7 Å². The van der Waals surface area contributed by atoms with Crippen molar-refractivity contribution in [3.05, 3.63) is 18.2 Å². The number of fused-ring (bicyclic) bond motifs is 1. The monoisotopic (exact) mass is 292 g/mol. The molecule has 0 saturated carbocycles. The number of rotatable bonds is 4. The van der Waals surface area contributed by atoms with E-state index in [1.54, 1.807) is 0 Å². The number of urea groups is 1. The summed E-state index contributed by atoms with van der Waals surface area (Å²) in [6, 6.07) is -0.0966. The van der Waals surface area contributed by atoms with E-state index in [1.165, 1.54) is 0 Å². The summed E-state index contributed by atoms with van der Waals surface area (Å²) in [4.78, 5) is 16.2. The Labute approximate surface area is 125 Å². The first-order valence-electron chi connectivity index (χ1n) is 7.80. The lowest BCUT2D eigenvalue weighted by atomic mass is 9.98. The molecule has 6 heteroatoms. The van der Waals surface area contributed by atoms with E-state index in [9.17, 15) is 4.79 Å². The SMILES string of the molecule is C[C@@]1(CNC(=O)NC[C@H]2CCn3ccnc3C2)CCCO1. The summed E-state index contributed by atoms with van der Waals surface area (Å²) in [7, 11) is 0. The Morgan fingerprint density at radius 1 is 1.57 bits per heavy atom. The van der Waals surface area contributed by atoms with Crippen LogP contribution in [0.15, 0.2) is 12.4 Å². The van der Waals surface area contributed by atoms with Gasteiger partial charge in [-0.15, -0.1) is 0 Å². The summed E-state index contributed by atoms with van der Waals surface area (Å²) in [5, 5.41) is 5.90. The van der Waals surface area contributed by atoms with Gasteiger partial charge in [-0.25, -0.2) is 9.78 Å². The number of amides is 2. The van der Waals surface area contributed by atoms with Gasteiger partial charge in [0.1, 0.15) is 5.82 Å². The van der Waals surface area contributed by atoms with Gasteiger partial charge in [0.15, 0.2) is 0 Å². The molecule has 6 nitrogen and oxygen atoms in total. The average molecular weight is 292 g/mol. The van der Waals surface area contributed by atoms with E-state index in [2.05, 4.69) is 27.1 Å². The molecule has 3 rings (SSSR count). The van der Waals surface area contributed by atoms with Crippen LogP contribution in [-0.4, -0.2) is 40.9 Å². The molecule has 0 unspecified atom stereocenters. The number of carbonyl (C=O) groups is 1. The van der Waals surface area contributed by atoms with E-state index in [4.69, 9.17) is 4.74 Å². The number of nitrogens with one attached hydrogen (secondary N) is 2. The lowest BCUT2D eigenvalue weighted by Gasteiger charge is -2.25. The molecule has 0 radical (unpaired) electrons. The lowest BCUT2D eigenvalue weighted by Crippen LogP contribution is -2.46. The van der Waals surface area contributed by atoms with Gasteiger partial charge in [0, 0.05) is 45.1 Å². The molecule has 1 fully saturated rings. The fourth-order valence-corrected chi connectivity index (χ4v) is 3.13. The van der Waals surface area contributed by atoms with Crippen LogP contribution >= 0.6 is 0 Å². The van der Waals surface area contributed by atoms with Crippen LogP contribution < -0.4 is 10.6 Å². The van der Waals surface area contributed by atoms with Crippen LogP contribution in [0.4, 0.5) is 4.79 Å². The molecule has 2 atom stereocenters. The summed E-state index contributed by atoms with van der Waals surface area (Å²) in [6.07, 6.45) is 7.99. The van der Waals surface area contributed by atoms with Gasteiger partial charge in [0.2, 0.25) is 0 Å². The Balaban J connectivity index is 1.38. The summed E-state index contributed by atoms with van der Waals surface area (Å²) in [5.41, 5.74) is -0.188. The zero-order valence-corrected chi connectivity index (χ0v) is 12.6. The summed E-state index contributed by atoms with van der Waals surface area (Å²) >= 11 is 0. The first-order chi connectivity index (χ1) is 10.1. The van der Waals surface area contributed by atoms with Gasteiger partial charge in [0.05, 0.1) is 5.60 Å². The van der Waals surface area contributed by atoms with Gasteiger partial charge in [-0.3, -0.25) is 0 Å². The maximum atomic E-state index is 11.9. The molecule has 0 spiro atoms. The Bertz CT molecular complexity index is 494. The molecule has 1 saturated heterocycles. The van der Waals surface area contributed by atoms with E-state index in [0.29, 0.717) is 19.0 Å². The van der Waals surface area contributed by atoms with Crippen molar-refractivity contribution in [1.29, 1.82) is 0 Å². The number of aromatic nitrogens is 2. The van der Waals surface area contributed by atoms with Gasteiger partial charge in [0.25, 0.3) is 0 Å². The fraction of sp³-hybridized carbons (Fsp3) is 0.733. The topological polar surface area (TPSA) is 68.2 Å². The predicted molar refractivity (Wildman–Crippen MR) is 79.0 cm³/mol. The zero-order valence-electron chi connectivity index (χ0n) is 12.6. The van der Waals surface area contributed by atoms with Crippen molar-refractivity contribution in [3.63, 3.8) is 0 Å². The number of hydrogen-bond donors (Lipinski definition) is 2. The number of carbonyl (C=O) groups excluding carboxylic acids is 1. The Morgan fingerprint density at radius 2 is 2.48 bits per heavy atom. The highest BCUT2D eigenvalue weighted by atomic mass is 16.5. The Hall–Kier alpha value is -1.56. The minimum Gasteiger partial charge on any atom is -0.373 e. The fourth-order valence-electron chi connectivity index (χ4n) is 3.13. The molecule has 2 amide bonds. The highest BCUT2D eigenvalue weighted by molar-refractivity contribution is 5.73. The number of hydrogen-bond acceptors (Lipinski definition) is 3. The van der Waals surface area contributed by atoms with Gasteiger partial charge in [-0.1, -0.05) is 0 Å². The van der Waals surface area contributed by atoms with E-state index < -0.39 is 0 Å². The van der Waals surface area contributed by atoms with Gasteiger partial charge < -0.3 is 19.9 Å². The van der Waals surface area contributed by atoms with Crippen LogP contribution in [0.25, 0.3) is 0 Å². The Kier molecular flexibility index (Phi) is 4.14. The quantitative estimate of drug-likeness (QED) is 0.879. The molecular formula is C15H24N4O2. The lowest BCUT2D eigenvalue weighted by molar-refractivity contribution is 0.0229. The zero-order chi connectivity index (χ0) is 14.7. The number of nitrogens with zero attached hydrogens (tertiary/aromatic N) is 2. The first kappa shape index (κ1) is 14.4. The molecule has 0 aliphatic carbocycles. The third kappa shape index (κ3) is 3.56. The van der Waals surface area contributed by atoms with E-state index in [-0.39, 0.29) is 11.6 Å². The molecule has 21 heavy (non-hydrogen) atoms. The standard InChI is InChI=1S/C15H24N4O2/c1-15(4-2-8-21-15)11-18-14(20)17-10-12-3-6-19-7-5-16-13(19)9-12/h5,7,12H,2-4,6,8-11H2,1H3,(H2,17,18,20)/t12-,15-/m0/s1. The van der Waals surface area contributed by atoms with Crippen LogP contribution in [-0.2, 0) is 17.7 Å². The summed E-state index contributed by atoms with van der Waals surface area (Å²) in [5.74, 6) is 1.60. The summed E-state index contributed by atoms with van der Waals surface area (Å²) < 4.78 is 7.85. The van der Waals surface area contributed by atoms with Gasteiger partial charge in [-0.2, -0.15) is 0 Å². The van der Waals surface area contributed by atoms with Crippen molar-refractivity contribution >= 4 is 6.03 Å². The third-order valence-corrected chi connectivity index (χ3v) is 4.53.